The lowest BCUT2D eigenvalue weighted by Crippen LogP contribution is -2.29. The van der Waals surface area contributed by atoms with E-state index in [1.54, 1.807) is 11.3 Å². The molecule has 0 atom stereocenters. The normalized spacial score (nSPS) is 11.0. The van der Waals surface area contributed by atoms with Crippen LogP contribution in [0.15, 0.2) is 66.7 Å². The molecule has 0 aromatic heterocycles. The molecule has 3 nitrogen and oxygen atoms in total. The Kier molecular flexibility index (Phi) is 4.67. The second-order valence-corrected chi connectivity index (χ2v) is 7.30. The lowest BCUT2D eigenvalue weighted by Gasteiger charge is -2.09. The van der Waals surface area contributed by atoms with E-state index in [2.05, 4.69) is 72.3 Å². The van der Waals surface area contributed by atoms with E-state index in [9.17, 15) is 0 Å². The van der Waals surface area contributed by atoms with Gasteiger partial charge >= 0.3 is 0 Å². The summed E-state index contributed by atoms with van der Waals surface area (Å²) in [5.74, 6) is 0. The molecule has 0 spiro atoms. The standard InChI is InChI=1S/C22H21N3S/c1-3-25(4-2)18-11-13-20-22(15-18)26-21-14-17(10-12-19(21)24-20)23-16-8-6-5-7-9-16/h5-15H,3-4H2,1-2H3/p+1. The molecule has 0 amide bonds. The van der Waals surface area contributed by atoms with Crippen molar-refractivity contribution in [3.63, 3.8) is 0 Å². The summed E-state index contributed by atoms with van der Waals surface area (Å²) in [4.78, 5) is 6.06. The first-order valence-corrected chi connectivity index (χ1v) is 9.83. The molecule has 0 saturated heterocycles. The quantitative estimate of drug-likeness (QED) is 0.412. The van der Waals surface area contributed by atoms with Crippen LogP contribution in [0.5, 0.6) is 0 Å². The Bertz CT molecular complexity index is 1080. The van der Waals surface area contributed by atoms with Crippen LogP contribution in [0.25, 0.3) is 20.8 Å². The van der Waals surface area contributed by atoms with Gasteiger partial charge in [0.15, 0.2) is 0 Å². The largest absolute Gasteiger partial charge is 0.355 e. The Labute approximate surface area is 157 Å². The van der Waals surface area contributed by atoms with E-state index in [-0.39, 0.29) is 0 Å². The van der Waals surface area contributed by atoms with Gasteiger partial charge in [-0.3, -0.25) is 0 Å². The summed E-state index contributed by atoms with van der Waals surface area (Å²) >= 11 is 1.80. The van der Waals surface area contributed by atoms with E-state index in [1.165, 1.54) is 14.9 Å². The van der Waals surface area contributed by atoms with Gasteiger partial charge in [0.2, 0.25) is 5.36 Å². The summed E-state index contributed by atoms with van der Waals surface area (Å²) < 4.78 is 3.55. The first-order valence-electron chi connectivity index (χ1n) is 9.01. The third-order valence-electron chi connectivity index (χ3n) is 4.56. The van der Waals surface area contributed by atoms with Crippen LogP contribution in [-0.4, -0.2) is 18.1 Å². The number of anilines is 2. The molecule has 0 fully saturated rings. The Morgan fingerprint density at radius 2 is 1.69 bits per heavy atom. The summed E-state index contributed by atoms with van der Waals surface area (Å²) in [5.41, 5.74) is 4.27. The fourth-order valence-corrected chi connectivity index (χ4v) is 4.20. The molecule has 1 heterocycles. The molecule has 0 radical (unpaired) electrons. The highest BCUT2D eigenvalue weighted by Crippen LogP contribution is 2.31. The molecule has 2 aromatic carbocycles. The van der Waals surface area contributed by atoms with E-state index >= 15 is 0 Å². The molecule has 0 saturated carbocycles. The second kappa shape index (κ2) is 7.26. The number of benzene rings is 3. The molecule has 4 heteroatoms. The number of hydrogen-bond acceptors (Lipinski definition) is 3. The molecule has 4 rings (SSSR count). The van der Waals surface area contributed by atoms with Gasteiger partial charge in [-0.15, -0.1) is 11.3 Å². The fraction of sp³-hybridized carbons (Fsp3) is 0.182. The lowest BCUT2D eigenvalue weighted by atomic mass is 10.2. The molecule has 1 N–H and O–H groups in total. The zero-order chi connectivity index (χ0) is 17.9. The molecule has 0 bridgehead atoms. The SMILES string of the molecule is CC[N+](CC)=c1ccc2nc3ccc(Nc4ccccc4)cc3sc-2c1. The van der Waals surface area contributed by atoms with E-state index in [0.29, 0.717) is 0 Å². The van der Waals surface area contributed by atoms with Gasteiger partial charge in [-0.1, -0.05) is 18.2 Å². The van der Waals surface area contributed by atoms with E-state index in [0.717, 1.165) is 35.7 Å². The van der Waals surface area contributed by atoms with Gasteiger partial charge in [0.1, 0.15) is 13.1 Å². The van der Waals surface area contributed by atoms with Crippen molar-refractivity contribution in [1.82, 2.24) is 9.56 Å². The average molecular weight is 361 g/mol. The highest BCUT2D eigenvalue weighted by Gasteiger charge is 2.10. The number of nitrogens with one attached hydrogen (secondary N) is 1. The maximum absolute atomic E-state index is 4.84. The van der Waals surface area contributed by atoms with Crippen molar-refractivity contribution < 1.29 is 0 Å². The van der Waals surface area contributed by atoms with Crippen molar-refractivity contribution in [1.29, 1.82) is 0 Å². The minimum atomic E-state index is 1.01. The van der Waals surface area contributed by atoms with Gasteiger partial charge in [0.25, 0.3) is 0 Å². The predicted molar refractivity (Wildman–Crippen MR) is 112 cm³/mol. The predicted octanol–water partition coefficient (Wildman–Crippen LogP) is 4.96. The van der Waals surface area contributed by atoms with E-state index < -0.39 is 0 Å². The van der Waals surface area contributed by atoms with Crippen LogP contribution in [0.4, 0.5) is 11.4 Å². The third-order valence-corrected chi connectivity index (χ3v) is 5.65. The number of para-hydroxylation sites is 1. The van der Waals surface area contributed by atoms with Crippen LogP contribution in [0.2, 0.25) is 0 Å². The maximum Gasteiger partial charge on any atom is 0.201 e. The number of aromatic nitrogens is 1. The molecule has 2 aromatic rings. The summed E-state index contributed by atoms with van der Waals surface area (Å²) in [6.07, 6.45) is 0. The van der Waals surface area contributed by atoms with Crippen molar-refractivity contribution in [2.45, 2.75) is 13.8 Å². The highest BCUT2D eigenvalue weighted by atomic mass is 32.1. The number of hydrogen-bond donors (Lipinski definition) is 1. The minimum Gasteiger partial charge on any atom is -0.355 e. The van der Waals surface area contributed by atoms with Crippen molar-refractivity contribution in [2.75, 3.05) is 18.4 Å². The van der Waals surface area contributed by atoms with E-state index in [1.807, 2.05) is 18.2 Å². The fourth-order valence-electron chi connectivity index (χ4n) is 3.16. The van der Waals surface area contributed by atoms with Gasteiger partial charge in [-0.25, -0.2) is 9.56 Å². The zero-order valence-electron chi connectivity index (χ0n) is 15.1. The van der Waals surface area contributed by atoms with Crippen molar-refractivity contribution in [2.24, 2.45) is 0 Å². The smallest absolute Gasteiger partial charge is 0.201 e. The number of rotatable bonds is 4. The van der Waals surface area contributed by atoms with Gasteiger partial charge in [0.05, 0.1) is 20.8 Å². The summed E-state index contributed by atoms with van der Waals surface area (Å²) in [6, 6.07) is 23.2. The first-order chi connectivity index (χ1) is 12.8. The molecule has 130 valence electrons. The second-order valence-electron chi connectivity index (χ2n) is 6.21. The Morgan fingerprint density at radius 3 is 2.46 bits per heavy atom. The summed E-state index contributed by atoms with van der Waals surface area (Å²) in [7, 11) is 0. The van der Waals surface area contributed by atoms with Crippen LogP contribution in [-0.2, 0) is 0 Å². The highest BCUT2D eigenvalue weighted by molar-refractivity contribution is 7.21. The maximum atomic E-state index is 4.84. The minimum absolute atomic E-state index is 1.01. The molecule has 0 unspecified atom stereocenters. The first kappa shape index (κ1) is 16.7. The van der Waals surface area contributed by atoms with Gasteiger partial charge in [0, 0.05) is 23.5 Å². The van der Waals surface area contributed by atoms with Crippen LogP contribution in [0, 0.1) is 0 Å². The Balaban J connectivity index is 1.81. The van der Waals surface area contributed by atoms with Crippen molar-refractivity contribution in [3.8, 4) is 10.6 Å². The lowest BCUT2D eigenvalue weighted by molar-refractivity contribution is 0.626. The molecular formula is C22H22N3S+. The number of fused-ring (bicyclic) bond motifs is 2. The molecule has 1 aliphatic carbocycles. The Morgan fingerprint density at radius 1 is 0.885 bits per heavy atom. The molecule has 1 aliphatic heterocycles. The van der Waals surface area contributed by atoms with Gasteiger partial charge in [-0.2, -0.15) is 0 Å². The van der Waals surface area contributed by atoms with Gasteiger partial charge < -0.3 is 5.32 Å². The van der Waals surface area contributed by atoms with Crippen molar-refractivity contribution in [3.05, 3.63) is 72.1 Å². The van der Waals surface area contributed by atoms with Crippen LogP contribution in [0.1, 0.15) is 13.8 Å². The summed E-state index contributed by atoms with van der Waals surface area (Å²) in [6.45, 7) is 6.41. The summed E-state index contributed by atoms with van der Waals surface area (Å²) in [5, 5.41) is 4.73. The van der Waals surface area contributed by atoms with Crippen molar-refractivity contribution >= 4 is 32.9 Å². The van der Waals surface area contributed by atoms with Gasteiger partial charge in [-0.05, 0) is 50.2 Å². The topological polar surface area (TPSA) is 27.9 Å². The number of nitrogens with zero attached hydrogens (tertiary/aromatic N) is 2. The molecule has 26 heavy (non-hydrogen) atoms. The van der Waals surface area contributed by atoms with Crippen LogP contribution in [0.3, 0.4) is 0 Å². The van der Waals surface area contributed by atoms with Crippen LogP contribution >= 0.6 is 11.3 Å². The average Bonchev–Trinajstić information content (AvgIpc) is 2.68. The molecular weight excluding hydrogens is 338 g/mol. The van der Waals surface area contributed by atoms with E-state index in [4.69, 9.17) is 4.98 Å². The zero-order valence-corrected chi connectivity index (χ0v) is 15.9. The third kappa shape index (κ3) is 3.33. The molecule has 2 aliphatic rings. The Hall–Kier alpha value is -2.72. The van der Waals surface area contributed by atoms with Crippen LogP contribution < -0.4 is 15.2 Å². The monoisotopic (exact) mass is 360 g/mol.